The normalized spacial score (nSPS) is 9.67. The van der Waals surface area contributed by atoms with Crippen LogP contribution >= 0.6 is 0 Å². The summed E-state index contributed by atoms with van der Waals surface area (Å²) in [6.45, 7) is 0. The Kier molecular flexibility index (Phi) is 29.5. The molecule has 0 N–H and O–H groups in total. The molecule has 0 spiro atoms. The van der Waals surface area contributed by atoms with Crippen LogP contribution < -0.4 is 0 Å². The summed E-state index contributed by atoms with van der Waals surface area (Å²) in [7, 11) is -15.5. The van der Waals surface area contributed by atoms with E-state index >= 15 is 0 Å². The standard InChI is InChI=1S/3Cu.3H2O4S/c;;;3*1-5(2,3)4/h;;;3*(H2,1,2,3,4)/q3*+2;;;/p-6. The van der Waals surface area contributed by atoms with Crippen molar-refractivity contribution in [2.45, 2.75) is 0 Å². The smallest absolute Gasteiger partial charge is 0.759 e. The van der Waals surface area contributed by atoms with Crippen LogP contribution in [-0.4, -0.2) is 52.6 Å². The fourth-order valence-corrected chi connectivity index (χ4v) is 0. The molecule has 0 saturated heterocycles. The monoisotopic (exact) mass is 477 g/mol. The Morgan fingerprint density at radius 1 is 0.389 bits per heavy atom. The summed E-state index contributed by atoms with van der Waals surface area (Å²) in [5.41, 5.74) is 0. The van der Waals surface area contributed by atoms with Gasteiger partial charge >= 0.3 is 51.2 Å². The van der Waals surface area contributed by atoms with Gasteiger partial charge in [0.15, 0.2) is 0 Å². The van der Waals surface area contributed by atoms with E-state index in [-0.39, 0.29) is 51.2 Å². The first-order valence-corrected chi connectivity index (χ1v) is 6.00. The summed E-state index contributed by atoms with van der Waals surface area (Å²) in [4.78, 5) is 0. The SMILES string of the molecule is O=S(=O)([O-])[O-].O=S(=O)([O-])[O-].O=S(=O)([O-])[O-].[Cu+2].[Cu+2].[Cu+2]. The van der Waals surface area contributed by atoms with Crippen molar-refractivity contribution < 1.29 is 104 Å². The van der Waals surface area contributed by atoms with Gasteiger partial charge in [-0.15, -0.1) is 0 Å². The number of hydrogen-bond acceptors (Lipinski definition) is 12. The third kappa shape index (κ3) is 3290. The first-order valence-electron chi connectivity index (χ1n) is 2.00. The van der Waals surface area contributed by atoms with Crippen LogP contribution in [-0.2, 0) is 82.4 Å². The van der Waals surface area contributed by atoms with Crippen LogP contribution in [0.3, 0.4) is 0 Å². The summed E-state index contributed by atoms with van der Waals surface area (Å²) in [5.74, 6) is 0. The molecule has 0 aromatic heterocycles. The number of rotatable bonds is 0. The van der Waals surface area contributed by atoms with Crippen molar-refractivity contribution in [1.29, 1.82) is 0 Å². The fraction of sp³-hybridized carbons (Fsp3) is 0. The number of hydrogen-bond donors (Lipinski definition) is 0. The maximum atomic E-state index is 8.52. The molecule has 0 aliphatic carbocycles. The molecule has 3 radical (unpaired) electrons. The van der Waals surface area contributed by atoms with Crippen LogP contribution in [0.15, 0.2) is 0 Å². The molecule has 0 amide bonds. The summed E-state index contributed by atoms with van der Waals surface area (Å²) >= 11 is 0. The predicted octanol–water partition coefficient (Wildman–Crippen LogP) is -4.02. The van der Waals surface area contributed by atoms with Gasteiger partial charge in [-0.05, 0) is 0 Å². The van der Waals surface area contributed by atoms with E-state index in [2.05, 4.69) is 0 Å². The fourth-order valence-electron chi connectivity index (χ4n) is 0. The zero-order chi connectivity index (χ0) is 13.5. The van der Waals surface area contributed by atoms with E-state index in [0.717, 1.165) is 0 Å². The Bertz CT molecular complexity index is 343. The summed E-state index contributed by atoms with van der Waals surface area (Å²) in [5, 5.41) is 0. The van der Waals surface area contributed by atoms with Crippen molar-refractivity contribution >= 4 is 31.2 Å². The van der Waals surface area contributed by atoms with Crippen LogP contribution in [0.5, 0.6) is 0 Å². The molecule has 18 heteroatoms. The molecule has 0 unspecified atom stereocenters. The maximum absolute atomic E-state index is 8.52. The van der Waals surface area contributed by atoms with E-state index in [4.69, 9.17) is 52.6 Å². The Labute approximate surface area is 134 Å². The maximum Gasteiger partial charge on any atom is 2.00 e. The molecular formula is Cu3O12S3. The van der Waals surface area contributed by atoms with Crippen LogP contribution in [0.4, 0.5) is 0 Å². The summed E-state index contributed by atoms with van der Waals surface area (Å²) in [6, 6.07) is 0. The third-order valence-electron chi connectivity index (χ3n) is 0. The molecule has 123 valence electrons. The molecule has 0 bridgehead atoms. The first kappa shape index (κ1) is 36.5. The van der Waals surface area contributed by atoms with E-state index < -0.39 is 31.2 Å². The molecule has 18 heavy (non-hydrogen) atoms. The molecule has 0 aromatic carbocycles. The van der Waals surface area contributed by atoms with Gasteiger partial charge in [-0.2, -0.15) is 0 Å². The van der Waals surface area contributed by atoms with Crippen LogP contribution in [0.2, 0.25) is 0 Å². The van der Waals surface area contributed by atoms with Crippen LogP contribution in [0.1, 0.15) is 0 Å². The molecule has 0 aliphatic heterocycles. The summed E-state index contributed by atoms with van der Waals surface area (Å²) < 4.78 is 102. The van der Waals surface area contributed by atoms with Gasteiger partial charge in [0.2, 0.25) is 0 Å². The zero-order valence-corrected chi connectivity index (χ0v) is 12.3. The molecule has 0 rings (SSSR count). The largest absolute Gasteiger partial charge is 2.00 e. The van der Waals surface area contributed by atoms with Gasteiger partial charge in [-0.25, -0.2) is 0 Å². The Balaban J connectivity index is -0.0000000277. The molecule has 0 heterocycles. The van der Waals surface area contributed by atoms with E-state index in [1.165, 1.54) is 0 Å². The van der Waals surface area contributed by atoms with Gasteiger partial charge in [0.05, 0.1) is 0 Å². The quantitative estimate of drug-likeness (QED) is 0.183. The zero-order valence-electron chi connectivity index (χ0n) is 7.03. The summed E-state index contributed by atoms with van der Waals surface area (Å²) in [6.07, 6.45) is 0. The van der Waals surface area contributed by atoms with E-state index in [1.807, 2.05) is 0 Å². The van der Waals surface area contributed by atoms with E-state index in [0.29, 0.717) is 0 Å². The van der Waals surface area contributed by atoms with Crippen LogP contribution in [0, 0.1) is 0 Å². The second-order valence-corrected chi connectivity index (χ2v) is 3.67. The van der Waals surface area contributed by atoms with Crippen LogP contribution in [0.25, 0.3) is 0 Å². The van der Waals surface area contributed by atoms with Gasteiger partial charge in [0, 0.05) is 31.2 Å². The molecule has 0 aliphatic rings. The van der Waals surface area contributed by atoms with Gasteiger partial charge in [-0.3, -0.25) is 25.3 Å². The van der Waals surface area contributed by atoms with Crippen molar-refractivity contribution in [3.63, 3.8) is 0 Å². The Morgan fingerprint density at radius 2 is 0.389 bits per heavy atom. The second-order valence-electron chi connectivity index (χ2n) is 1.22. The van der Waals surface area contributed by atoms with E-state index in [1.54, 1.807) is 0 Å². The van der Waals surface area contributed by atoms with Gasteiger partial charge in [0.1, 0.15) is 0 Å². The average Bonchev–Trinajstić information content (AvgIpc) is 1.41. The van der Waals surface area contributed by atoms with Gasteiger partial charge < -0.3 is 27.3 Å². The molecule has 0 fully saturated rings. The minimum atomic E-state index is -5.17. The second kappa shape index (κ2) is 14.6. The third-order valence-corrected chi connectivity index (χ3v) is 0. The molecular weight excluding hydrogens is 479 g/mol. The Hall–Kier alpha value is 1.17. The molecule has 0 atom stereocenters. The average molecular weight is 479 g/mol. The van der Waals surface area contributed by atoms with Crippen molar-refractivity contribution in [3.8, 4) is 0 Å². The Morgan fingerprint density at radius 3 is 0.389 bits per heavy atom. The molecule has 12 nitrogen and oxygen atoms in total. The van der Waals surface area contributed by atoms with Crippen molar-refractivity contribution in [3.05, 3.63) is 0 Å². The topological polar surface area (TPSA) is 241 Å². The molecule has 0 saturated carbocycles. The minimum absolute atomic E-state index is 0. The van der Waals surface area contributed by atoms with Gasteiger partial charge in [-0.1, -0.05) is 0 Å². The minimum Gasteiger partial charge on any atom is -0.759 e. The van der Waals surface area contributed by atoms with Crippen molar-refractivity contribution in [2.75, 3.05) is 0 Å². The van der Waals surface area contributed by atoms with E-state index in [9.17, 15) is 0 Å². The van der Waals surface area contributed by atoms with Crippen molar-refractivity contribution in [2.24, 2.45) is 0 Å². The van der Waals surface area contributed by atoms with Crippen molar-refractivity contribution in [1.82, 2.24) is 0 Å². The molecule has 0 aromatic rings. The van der Waals surface area contributed by atoms with Gasteiger partial charge in [0.25, 0.3) is 0 Å². The first-order chi connectivity index (χ1) is 6.00. The predicted molar refractivity (Wildman–Crippen MR) is 31.4 cm³/mol.